The molecule has 0 saturated carbocycles. The first-order chi connectivity index (χ1) is 10.9. The van der Waals surface area contributed by atoms with Crippen LogP contribution in [0.4, 0.5) is 0 Å². The van der Waals surface area contributed by atoms with Crippen molar-refractivity contribution in [1.82, 2.24) is 4.98 Å². The lowest BCUT2D eigenvalue weighted by Crippen LogP contribution is -2.43. The molecule has 120 valence electrons. The lowest BCUT2D eigenvalue weighted by Gasteiger charge is -2.38. The van der Waals surface area contributed by atoms with E-state index in [9.17, 15) is 10.2 Å². The quantitative estimate of drug-likeness (QED) is 0.808. The lowest BCUT2D eigenvalue weighted by atomic mass is 9.73. The van der Waals surface area contributed by atoms with Gasteiger partial charge >= 0.3 is 0 Å². The van der Waals surface area contributed by atoms with Crippen molar-refractivity contribution in [2.24, 2.45) is 0 Å². The summed E-state index contributed by atoms with van der Waals surface area (Å²) in [5.74, 6) is 1.95. The average Bonchev–Trinajstić information content (AvgIpc) is 2.53. The highest BCUT2D eigenvalue weighted by molar-refractivity contribution is 6.35. The van der Waals surface area contributed by atoms with E-state index in [4.69, 9.17) is 29.6 Å². The van der Waals surface area contributed by atoms with E-state index >= 15 is 0 Å². The zero-order chi connectivity index (χ0) is 17.0. The van der Waals surface area contributed by atoms with Gasteiger partial charge in [0.2, 0.25) is 0 Å². The summed E-state index contributed by atoms with van der Waals surface area (Å²) in [5.41, 5.74) is -0.527. The van der Waals surface area contributed by atoms with Crippen molar-refractivity contribution >= 4 is 23.2 Å². The Labute approximate surface area is 145 Å². The fourth-order valence-corrected chi connectivity index (χ4v) is 3.28. The van der Waals surface area contributed by atoms with E-state index in [0.29, 0.717) is 21.2 Å². The van der Waals surface area contributed by atoms with Crippen molar-refractivity contribution in [3.05, 3.63) is 63.9 Å². The monoisotopic (exact) mass is 349 g/mol. The van der Waals surface area contributed by atoms with Crippen molar-refractivity contribution in [3.8, 4) is 12.3 Å². The van der Waals surface area contributed by atoms with Crippen LogP contribution in [0.1, 0.15) is 30.4 Å². The first-order valence-electron chi connectivity index (χ1n) is 7.10. The first-order valence-corrected chi connectivity index (χ1v) is 7.86. The van der Waals surface area contributed by atoms with Crippen LogP contribution >= 0.6 is 23.2 Å². The van der Waals surface area contributed by atoms with Crippen molar-refractivity contribution < 1.29 is 10.2 Å². The van der Waals surface area contributed by atoms with E-state index < -0.39 is 17.6 Å². The van der Waals surface area contributed by atoms with Crippen LogP contribution in [0.3, 0.4) is 0 Å². The van der Waals surface area contributed by atoms with Crippen LogP contribution < -0.4 is 0 Å². The molecule has 2 aromatic rings. The van der Waals surface area contributed by atoms with Gasteiger partial charge in [-0.3, -0.25) is 4.98 Å². The third kappa shape index (κ3) is 3.52. The summed E-state index contributed by atoms with van der Waals surface area (Å²) >= 11 is 12.2. The van der Waals surface area contributed by atoms with Gasteiger partial charge in [0.1, 0.15) is 5.60 Å². The van der Waals surface area contributed by atoms with Crippen LogP contribution in [-0.4, -0.2) is 21.3 Å². The maximum absolute atomic E-state index is 11.3. The first kappa shape index (κ1) is 17.8. The molecule has 5 heteroatoms. The van der Waals surface area contributed by atoms with Gasteiger partial charge in [0.05, 0.1) is 6.10 Å². The molecule has 3 atom stereocenters. The molecule has 3 unspecified atom stereocenters. The number of rotatable bonds is 5. The molecule has 0 bridgehead atoms. The molecule has 0 aliphatic carbocycles. The molecule has 3 nitrogen and oxygen atoms in total. The topological polar surface area (TPSA) is 53.4 Å². The molecule has 0 aliphatic heterocycles. The SMILES string of the molecule is C#CCC(c1ccc(Cl)cc1Cl)C(O)(c1cccnc1)C(C)O. The summed E-state index contributed by atoms with van der Waals surface area (Å²) in [4.78, 5) is 4.03. The molecule has 1 heterocycles. The third-order valence-corrected chi connectivity index (χ3v) is 4.51. The van der Waals surface area contributed by atoms with Gasteiger partial charge < -0.3 is 10.2 Å². The summed E-state index contributed by atoms with van der Waals surface area (Å²) in [7, 11) is 0. The Morgan fingerprint density at radius 1 is 1.35 bits per heavy atom. The highest BCUT2D eigenvalue weighted by Crippen LogP contribution is 2.44. The second-order valence-corrected chi connectivity index (χ2v) is 6.21. The van der Waals surface area contributed by atoms with Crippen LogP contribution in [0.5, 0.6) is 0 Å². The van der Waals surface area contributed by atoms with Gasteiger partial charge in [-0.2, -0.15) is 0 Å². The van der Waals surface area contributed by atoms with Crippen LogP contribution in [0.15, 0.2) is 42.7 Å². The summed E-state index contributed by atoms with van der Waals surface area (Å²) < 4.78 is 0. The Bertz CT molecular complexity index is 713. The Kier molecular flexibility index (Phi) is 5.67. The van der Waals surface area contributed by atoms with Crippen LogP contribution in [0.25, 0.3) is 0 Å². The number of terminal acetylenes is 1. The molecule has 0 spiro atoms. The molecule has 0 saturated heterocycles. The predicted molar refractivity (Wildman–Crippen MR) is 92.5 cm³/mol. The maximum atomic E-state index is 11.3. The molecule has 1 aromatic carbocycles. The number of aliphatic hydroxyl groups excluding tert-OH is 1. The van der Waals surface area contributed by atoms with Gasteiger partial charge in [0, 0.05) is 40.3 Å². The molecule has 1 aromatic heterocycles. The smallest absolute Gasteiger partial charge is 0.124 e. The summed E-state index contributed by atoms with van der Waals surface area (Å²) in [6.07, 6.45) is 7.71. The minimum absolute atomic E-state index is 0.192. The van der Waals surface area contributed by atoms with Crippen molar-refractivity contribution in [2.45, 2.75) is 31.0 Å². The maximum Gasteiger partial charge on any atom is 0.124 e. The number of aliphatic hydroxyl groups is 2. The average molecular weight is 350 g/mol. The van der Waals surface area contributed by atoms with Gasteiger partial charge in [-0.25, -0.2) is 0 Å². The summed E-state index contributed by atoms with van der Waals surface area (Å²) in [6, 6.07) is 8.38. The number of nitrogens with zero attached hydrogens (tertiary/aromatic N) is 1. The minimum atomic E-state index is -1.63. The lowest BCUT2D eigenvalue weighted by molar-refractivity contribution is -0.0908. The molecule has 23 heavy (non-hydrogen) atoms. The number of hydrogen-bond acceptors (Lipinski definition) is 3. The van der Waals surface area contributed by atoms with Gasteiger partial charge in [-0.1, -0.05) is 35.3 Å². The van der Waals surface area contributed by atoms with Gasteiger partial charge in [-0.15, -0.1) is 12.3 Å². The van der Waals surface area contributed by atoms with Crippen LogP contribution in [-0.2, 0) is 5.60 Å². The number of hydrogen-bond donors (Lipinski definition) is 2. The largest absolute Gasteiger partial charge is 0.390 e. The molecular formula is C18H17Cl2NO2. The molecule has 2 rings (SSSR count). The zero-order valence-electron chi connectivity index (χ0n) is 12.6. The standard InChI is InChI=1S/C18H17Cl2NO2/c1-3-5-16(15-8-7-14(19)10-17(15)20)18(23,12(2)22)13-6-4-9-21-11-13/h1,4,6-12,16,22-23H,5H2,2H3. The van der Waals surface area contributed by atoms with E-state index in [1.165, 1.54) is 13.1 Å². The van der Waals surface area contributed by atoms with E-state index in [1.54, 1.807) is 36.5 Å². The number of benzene rings is 1. The molecule has 2 N–H and O–H groups in total. The summed E-state index contributed by atoms with van der Waals surface area (Å²) in [6.45, 7) is 1.51. The minimum Gasteiger partial charge on any atom is -0.390 e. The van der Waals surface area contributed by atoms with E-state index in [0.717, 1.165) is 0 Å². The van der Waals surface area contributed by atoms with Gasteiger partial charge in [0.25, 0.3) is 0 Å². The molecule has 0 aliphatic rings. The number of aromatic nitrogens is 1. The molecule has 0 radical (unpaired) electrons. The number of pyridine rings is 1. The second kappa shape index (κ2) is 7.33. The Hall–Kier alpha value is -1.57. The molecular weight excluding hydrogens is 333 g/mol. The van der Waals surface area contributed by atoms with E-state index in [-0.39, 0.29) is 6.42 Å². The third-order valence-electron chi connectivity index (χ3n) is 3.95. The normalized spacial score (nSPS) is 16.2. The van der Waals surface area contributed by atoms with Crippen LogP contribution in [0, 0.1) is 12.3 Å². The van der Waals surface area contributed by atoms with Crippen molar-refractivity contribution in [3.63, 3.8) is 0 Å². The fraction of sp³-hybridized carbons (Fsp3) is 0.278. The van der Waals surface area contributed by atoms with E-state index in [2.05, 4.69) is 10.9 Å². The van der Waals surface area contributed by atoms with Gasteiger partial charge in [-0.05, 0) is 30.7 Å². The molecule has 0 amide bonds. The fourth-order valence-electron chi connectivity index (χ4n) is 2.74. The molecule has 0 fully saturated rings. The van der Waals surface area contributed by atoms with E-state index in [1.807, 2.05) is 0 Å². The Balaban J connectivity index is 2.63. The predicted octanol–water partition coefficient (Wildman–Crippen LogP) is 3.76. The van der Waals surface area contributed by atoms with Crippen LogP contribution in [0.2, 0.25) is 10.0 Å². The van der Waals surface area contributed by atoms with Gasteiger partial charge in [0.15, 0.2) is 0 Å². The van der Waals surface area contributed by atoms with Crippen molar-refractivity contribution in [1.29, 1.82) is 0 Å². The van der Waals surface area contributed by atoms with Crippen molar-refractivity contribution in [2.75, 3.05) is 0 Å². The number of halogens is 2. The summed E-state index contributed by atoms with van der Waals surface area (Å²) in [5, 5.41) is 22.5. The zero-order valence-corrected chi connectivity index (χ0v) is 14.1. The Morgan fingerprint density at radius 2 is 2.09 bits per heavy atom. The second-order valence-electron chi connectivity index (χ2n) is 5.37. The Morgan fingerprint density at radius 3 is 2.61 bits per heavy atom. The highest BCUT2D eigenvalue weighted by Gasteiger charge is 2.44. The highest BCUT2D eigenvalue weighted by atomic mass is 35.5.